The third kappa shape index (κ3) is 8.39. The topological polar surface area (TPSA) is 58.2 Å². The molecule has 0 aliphatic heterocycles. The van der Waals surface area contributed by atoms with E-state index < -0.39 is 0 Å². The van der Waals surface area contributed by atoms with Gasteiger partial charge in [-0.05, 0) is 30.7 Å². The molecule has 0 heterocycles. The number of carbonyl (C=O) groups excluding carboxylic acids is 2. The lowest BCUT2D eigenvalue weighted by Gasteiger charge is -2.07. The predicted molar refractivity (Wildman–Crippen MR) is 86.0 cm³/mol. The molecule has 0 aliphatic rings. The molecule has 0 aliphatic carbocycles. The van der Waals surface area contributed by atoms with Crippen molar-refractivity contribution >= 4 is 17.5 Å². The molecule has 0 atom stereocenters. The number of anilines is 1. The number of hydrogen-bond donors (Lipinski definition) is 2. The van der Waals surface area contributed by atoms with Crippen molar-refractivity contribution in [2.24, 2.45) is 0 Å². The van der Waals surface area contributed by atoms with Crippen LogP contribution in [0.4, 0.5) is 10.1 Å². The van der Waals surface area contributed by atoms with Gasteiger partial charge < -0.3 is 10.6 Å². The SMILES string of the molecule is CCCCCCCCC(=O)NCC(=O)Nc1ccc(F)cc1. The lowest BCUT2D eigenvalue weighted by atomic mass is 10.1. The Morgan fingerprint density at radius 1 is 0.955 bits per heavy atom. The average molecular weight is 308 g/mol. The zero-order chi connectivity index (χ0) is 16.2. The van der Waals surface area contributed by atoms with E-state index in [0.29, 0.717) is 12.1 Å². The number of unbranched alkanes of at least 4 members (excludes halogenated alkanes) is 5. The lowest BCUT2D eigenvalue weighted by Crippen LogP contribution is -2.32. The first-order valence-electron chi connectivity index (χ1n) is 7.94. The minimum atomic E-state index is -0.356. The number of rotatable bonds is 10. The second-order valence-corrected chi connectivity index (χ2v) is 5.35. The molecule has 4 nitrogen and oxygen atoms in total. The third-order valence-corrected chi connectivity index (χ3v) is 3.33. The monoisotopic (exact) mass is 308 g/mol. The van der Waals surface area contributed by atoms with Crippen LogP contribution in [0.15, 0.2) is 24.3 Å². The molecule has 0 bridgehead atoms. The fourth-order valence-corrected chi connectivity index (χ4v) is 2.07. The van der Waals surface area contributed by atoms with E-state index in [1.165, 1.54) is 43.5 Å². The van der Waals surface area contributed by atoms with Crippen LogP contribution in [0.5, 0.6) is 0 Å². The van der Waals surface area contributed by atoms with Crippen LogP contribution in [0.25, 0.3) is 0 Å². The summed E-state index contributed by atoms with van der Waals surface area (Å²) in [4.78, 5) is 23.2. The van der Waals surface area contributed by atoms with Gasteiger partial charge in [-0.15, -0.1) is 0 Å². The standard InChI is InChI=1S/C17H25FN2O2/c1-2-3-4-5-6-7-8-16(21)19-13-17(22)20-15-11-9-14(18)10-12-15/h9-12H,2-8,13H2,1H3,(H,19,21)(H,20,22). The first-order chi connectivity index (χ1) is 10.6. The van der Waals surface area contributed by atoms with Crippen LogP contribution in [0, 0.1) is 5.82 Å². The first-order valence-corrected chi connectivity index (χ1v) is 7.94. The summed E-state index contributed by atoms with van der Waals surface area (Å²) < 4.78 is 12.7. The van der Waals surface area contributed by atoms with Crippen molar-refractivity contribution in [2.75, 3.05) is 11.9 Å². The summed E-state index contributed by atoms with van der Waals surface area (Å²) in [5.74, 6) is -0.780. The Bertz CT molecular complexity index is 460. The number of carbonyl (C=O) groups is 2. The summed E-state index contributed by atoms with van der Waals surface area (Å²) in [6.07, 6.45) is 7.20. The summed E-state index contributed by atoms with van der Waals surface area (Å²) in [7, 11) is 0. The van der Waals surface area contributed by atoms with E-state index in [-0.39, 0.29) is 24.2 Å². The fraction of sp³-hybridized carbons (Fsp3) is 0.529. The molecule has 122 valence electrons. The molecular formula is C17H25FN2O2. The Morgan fingerprint density at radius 3 is 2.27 bits per heavy atom. The van der Waals surface area contributed by atoms with Gasteiger partial charge in [-0.1, -0.05) is 39.0 Å². The summed E-state index contributed by atoms with van der Waals surface area (Å²) in [5.41, 5.74) is 0.511. The van der Waals surface area contributed by atoms with Gasteiger partial charge in [-0.3, -0.25) is 9.59 Å². The molecule has 0 saturated heterocycles. The molecule has 5 heteroatoms. The molecule has 0 radical (unpaired) electrons. The quantitative estimate of drug-likeness (QED) is 0.648. The maximum absolute atomic E-state index is 12.7. The van der Waals surface area contributed by atoms with E-state index >= 15 is 0 Å². The lowest BCUT2D eigenvalue weighted by molar-refractivity contribution is -0.124. The van der Waals surface area contributed by atoms with Crippen LogP contribution in [0.1, 0.15) is 51.9 Å². The predicted octanol–water partition coefficient (Wildman–Crippen LogP) is 3.63. The number of amides is 2. The molecule has 0 fully saturated rings. The van der Waals surface area contributed by atoms with Crippen molar-refractivity contribution in [2.45, 2.75) is 51.9 Å². The van der Waals surface area contributed by atoms with Crippen molar-refractivity contribution in [3.8, 4) is 0 Å². The van der Waals surface area contributed by atoms with E-state index in [9.17, 15) is 14.0 Å². The smallest absolute Gasteiger partial charge is 0.243 e. The molecule has 0 unspecified atom stereocenters. The molecule has 22 heavy (non-hydrogen) atoms. The van der Waals surface area contributed by atoms with Crippen molar-refractivity contribution in [1.82, 2.24) is 5.32 Å². The molecule has 2 N–H and O–H groups in total. The molecule has 1 rings (SSSR count). The zero-order valence-electron chi connectivity index (χ0n) is 13.2. The highest BCUT2D eigenvalue weighted by Crippen LogP contribution is 2.08. The number of halogens is 1. The van der Waals surface area contributed by atoms with Gasteiger partial charge in [0.15, 0.2) is 0 Å². The molecule has 0 aromatic heterocycles. The van der Waals surface area contributed by atoms with Crippen molar-refractivity contribution in [3.63, 3.8) is 0 Å². The van der Waals surface area contributed by atoms with Gasteiger partial charge in [0.05, 0.1) is 6.54 Å². The van der Waals surface area contributed by atoms with E-state index in [4.69, 9.17) is 0 Å². The normalized spacial score (nSPS) is 10.3. The Hall–Kier alpha value is -1.91. The van der Waals surface area contributed by atoms with Gasteiger partial charge in [-0.2, -0.15) is 0 Å². The summed E-state index contributed by atoms with van der Waals surface area (Å²) in [6.45, 7) is 2.11. The number of nitrogens with one attached hydrogen (secondary N) is 2. The van der Waals surface area contributed by atoms with Crippen molar-refractivity contribution in [1.29, 1.82) is 0 Å². The van der Waals surface area contributed by atoms with E-state index in [2.05, 4.69) is 17.6 Å². The van der Waals surface area contributed by atoms with Crippen molar-refractivity contribution < 1.29 is 14.0 Å². The second-order valence-electron chi connectivity index (χ2n) is 5.35. The molecule has 0 saturated carbocycles. The molecule has 2 amide bonds. The largest absolute Gasteiger partial charge is 0.347 e. The maximum atomic E-state index is 12.7. The molecule has 1 aromatic rings. The summed E-state index contributed by atoms with van der Waals surface area (Å²) in [6, 6.07) is 5.50. The van der Waals surface area contributed by atoms with Crippen LogP contribution in [-0.2, 0) is 9.59 Å². The minimum Gasteiger partial charge on any atom is -0.347 e. The van der Waals surface area contributed by atoms with Gasteiger partial charge >= 0.3 is 0 Å². The third-order valence-electron chi connectivity index (χ3n) is 3.33. The van der Waals surface area contributed by atoms with Crippen LogP contribution < -0.4 is 10.6 Å². The van der Waals surface area contributed by atoms with E-state index in [1.807, 2.05) is 0 Å². The Kier molecular flexibility index (Phi) is 8.88. The molecule has 0 spiro atoms. The summed E-state index contributed by atoms with van der Waals surface area (Å²) >= 11 is 0. The number of hydrogen-bond acceptors (Lipinski definition) is 2. The fourth-order valence-electron chi connectivity index (χ4n) is 2.07. The Morgan fingerprint density at radius 2 is 1.59 bits per heavy atom. The van der Waals surface area contributed by atoms with Gasteiger partial charge in [0.1, 0.15) is 5.82 Å². The zero-order valence-corrected chi connectivity index (χ0v) is 13.2. The minimum absolute atomic E-state index is 0.0634. The van der Waals surface area contributed by atoms with Crippen LogP contribution >= 0.6 is 0 Å². The Labute approximate surface area is 131 Å². The van der Waals surface area contributed by atoms with Crippen LogP contribution in [0.2, 0.25) is 0 Å². The first kappa shape index (κ1) is 18.1. The van der Waals surface area contributed by atoms with Gasteiger partial charge in [0.2, 0.25) is 11.8 Å². The highest BCUT2D eigenvalue weighted by atomic mass is 19.1. The molecule has 1 aromatic carbocycles. The van der Waals surface area contributed by atoms with Crippen molar-refractivity contribution in [3.05, 3.63) is 30.1 Å². The maximum Gasteiger partial charge on any atom is 0.243 e. The number of benzene rings is 1. The van der Waals surface area contributed by atoms with Gasteiger partial charge in [0, 0.05) is 12.1 Å². The highest BCUT2D eigenvalue weighted by Gasteiger charge is 2.06. The van der Waals surface area contributed by atoms with Gasteiger partial charge in [0.25, 0.3) is 0 Å². The summed E-state index contributed by atoms with van der Waals surface area (Å²) in [5, 5.41) is 5.19. The highest BCUT2D eigenvalue weighted by molar-refractivity contribution is 5.94. The second kappa shape index (κ2) is 10.8. The molecular weight excluding hydrogens is 283 g/mol. The van der Waals surface area contributed by atoms with Crippen LogP contribution in [-0.4, -0.2) is 18.4 Å². The van der Waals surface area contributed by atoms with E-state index in [0.717, 1.165) is 19.3 Å². The average Bonchev–Trinajstić information content (AvgIpc) is 2.51. The van der Waals surface area contributed by atoms with E-state index in [1.54, 1.807) is 0 Å². The van der Waals surface area contributed by atoms with Gasteiger partial charge in [-0.25, -0.2) is 4.39 Å². The van der Waals surface area contributed by atoms with Crippen LogP contribution in [0.3, 0.4) is 0 Å². The Balaban J connectivity index is 2.10.